The Kier molecular flexibility index (Phi) is 2.33. The van der Waals surface area contributed by atoms with E-state index in [-0.39, 0.29) is 5.41 Å². The van der Waals surface area contributed by atoms with E-state index in [0.29, 0.717) is 5.95 Å². The minimum Gasteiger partial charge on any atom is -0.367 e. The Labute approximate surface area is 104 Å². The largest absolute Gasteiger partial charge is 0.367 e. The molecule has 3 N–H and O–H groups in total. The van der Waals surface area contributed by atoms with Gasteiger partial charge in [0.25, 0.3) is 0 Å². The third-order valence-corrected chi connectivity index (χ3v) is 3.88. The van der Waals surface area contributed by atoms with Crippen molar-refractivity contribution in [2.75, 3.05) is 5.73 Å². The number of nitrogens with one attached hydrogen (secondary N) is 1. The Morgan fingerprint density at radius 3 is 2.59 bits per heavy atom. The van der Waals surface area contributed by atoms with Crippen molar-refractivity contribution >= 4 is 17.5 Å². The number of anilines is 1. The zero-order chi connectivity index (χ0) is 11.9. The first-order valence-corrected chi connectivity index (χ1v) is 6.03. The van der Waals surface area contributed by atoms with Crippen molar-refractivity contribution in [3.05, 3.63) is 40.7 Å². The first-order valence-electron chi connectivity index (χ1n) is 5.66. The van der Waals surface area contributed by atoms with Crippen LogP contribution in [0.2, 0.25) is 5.02 Å². The molecule has 88 valence electrons. The summed E-state index contributed by atoms with van der Waals surface area (Å²) < 4.78 is 0. The van der Waals surface area contributed by atoms with Crippen molar-refractivity contribution in [3.8, 4) is 0 Å². The Morgan fingerprint density at radius 2 is 2.06 bits per heavy atom. The van der Waals surface area contributed by atoms with E-state index in [1.807, 2.05) is 18.2 Å². The van der Waals surface area contributed by atoms with Crippen LogP contribution in [0.15, 0.2) is 24.3 Å². The summed E-state index contributed by atoms with van der Waals surface area (Å²) in [4.78, 5) is 4.27. The second-order valence-corrected chi connectivity index (χ2v) is 4.86. The van der Waals surface area contributed by atoms with Crippen LogP contribution in [0.1, 0.15) is 30.7 Å². The van der Waals surface area contributed by atoms with Crippen LogP contribution in [0.25, 0.3) is 0 Å². The number of rotatable bonds is 2. The fourth-order valence-electron chi connectivity index (χ4n) is 2.50. The van der Waals surface area contributed by atoms with Crippen LogP contribution in [-0.2, 0) is 5.41 Å². The third-order valence-electron chi connectivity index (χ3n) is 3.55. The van der Waals surface area contributed by atoms with Crippen LogP contribution in [0.3, 0.4) is 0 Å². The lowest BCUT2D eigenvalue weighted by atomic mass is 9.64. The maximum absolute atomic E-state index is 6.28. The van der Waals surface area contributed by atoms with E-state index in [9.17, 15) is 0 Å². The minimum absolute atomic E-state index is 0.122. The molecule has 1 aromatic carbocycles. The number of halogens is 1. The third kappa shape index (κ3) is 1.52. The molecule has 0 saturated heterocycles. The monoisotopic (exact) mass is 248 g/mol. The lowest BCUT2D eigenvalue weighted by molar-refractivity contribution is 0.286. The molecular formula is C12H13ClN4. The standard InChI is InChI=1S/C12H13ClN4/c13-9-5-2-1-4-8(9)12(6-3-7-12)10-15-11(14)17-16-10/h1-2,4-5H,3,6-7H2,(H3,14,15,16,17). The molecule has 0 spiro atoms. The van der Waals surface area contributed by atoms with Gasteiger partial charge < -0.3 is 5.73 Å². The number of hydrogen-bond acceptors (Lipinski definition) is 3. The first kappa shape index (κ1) is 10.6. The second kappa shape index (κ2) is 3.74. The van der Waals surface area contributed by atoms with Gasteiger partial charge >= 0.3 is 0 Å². The highest BCUT2D eigenvalue weighted by Gasteiger charge is 2.44. The fourth-order valence-corrected chi connectivity index (χ4v) is 2.82. The van der Waals surface area contributed by atoms with Gasteiger partial charge in [-0.2, -0.15) is 4.98 Å². The number of hydrogen-bond donors (Lipinski definition) is 2. The summed E-state index contributed by atoms with van der Waals surface area (Å²) >= 11 is 6.28. The molecule has 0 bridgehead atoms. The van der Waals surface area contributed by atoms with Crippen LogP contribution in [-0.4, -0.2) is 15.2 Å². The van der Waals surface area contributed by atoms with Crippen LogP contribution < -0.4 is 5.73 Å². The molecule has 1 aromatic heterocycles. The zero-order valence-electron chi connectivity index (χ0n) is 9.28. The molecule has 1 fully saturated rings. The molecule has 4 nitrogen and oxygen atoms in total. The summed E-state index contributed by atoms with van der Waals surface area (Å²) in [6.45, 7) is 0. The van der Waals surface area contributed by atoms with Crippen molar-refractivity contribution < 1.29 is 0 Å². The van der Waals surface area contributed by atoms with E-state index < -0.39 is 0 Å². The van der Waals surface area contributed by atoms with Gasteiger partial charge in [0, 0.05) is 5.02 Å². The molecule has 2 aromatic rings. The van der Waals surface area contributed by atoms with Crippen LogP contribution >= 0.6 is 11.6 Å². The van der Waals surface area contributed by atoms with Gasteiger partial charge in [-0.25, -0.2) is 0 Å². The summed E-state index contributed by atoms with van der Waals surface area (Å²) in [5.41, 5.74) is 6.58. The number of aromatic amines is 1. The molecule has 0 unspecified atom stereocenters. The van der Waals surface area contributed by atoms with E-state index in [2.05, 4.69) is 21.2 Å². The number of aromatic nitrogens is 3. The summed E-state index contributed by atoms with van der Waals surface area (Å²) in [5, 5.41) is 7.63. The lowest BCUT2D eigenvalue weighted by Crippen LogP contribution is -2.37. The van der Waals surface area contributed by atoms with E-state index in [0.717, 1.165) is 29.3 Å². The fraction of sp³-hybridized carbons (Fsp3) is 0.333. The molecule has 5 heteroatoms. The molecule has 1 aliphatic rings. The molecule has 0 atom stereocenters. The summed E-state index contributed by atoms with van der Waals surface area (Å²) in [6.07, 6.45) is 3.24. The SMILES string of the molecule is Nc1n[nH]c(C2(c3ccccc3Cl)CCC2)n1. The molecular weight excluding hydrogens is 236 g/mol. The molecule has 3 rings (SSSR count). The Hall–Kier alpha value is -1.55. The van der Waals surface area contributed by atoms with Crippen molar-refractivity contribution in [2.24, 2.45) is 0 Å². The lowest BCUT2D eigenvalue weighted by Gasteiger charge is -2.40. The van der Waals surface area contributed by atoms with Gasteiger partial charge in [0.2, 0.25) is 5.95 Å². The topological polar surface area (TPSA) is 67.6 Å². The van der Waals surface area contributed by atoms with Gasteiger partial charge in [0.15, 0.2) is 0 Å². The predicted molar refractivity (Wildman–Crippen MR) is 66.9 cm³/mol. The predicted octanol–water partition coefficient (Wildman–Crippen LogP) is 2.51. The highest BCUT2D eigenvalue weighted by atomic mass is 35.5. The number of nitrogens with two attached hydrogens (primary N) is 1. The van der Waals surface area contributed by atoms with E-state index >= 15 is 0 Å². The van der Waals surface area contributed by atoms with E-state index in [1.165, 1.54) is 6.42 Å². The number of benzene rings is 1. The number of nitrogens with zero attached hydrogens (tertiary/aromatic N) is 2. The Balaban J connectivity index is 2.12. The zero-order valence-corrected chi connectivity index (χ0v) is 10.0. The van der Waals surface area contributed by atoms with Gasteiger partial charge in [0.1, 0.15) is 5.82 Å². The van der Waals surface area contributed by atoms with Crippen molar-refractivity contribution in [3.63, 3.8) is 0 Å². The van der Waals surface area contributed by atoms with Crippen LogP contribution in [0.5, 0.6) is 0 Å². The molecule has 0 amide bonds. The minimum atomic E-state index is -0.122. The molecule has 17 heavy (non-hydrogen) atoms. The normalized spacial score (nSPS) is 17.7. The summed E-state index contributed by atoms with van der Waals surface area (Å²) in [7, 11) is 0. The molecule has 0 aliphatic heterocycles. The maximum atomic E-state index is 6.28. The quantitative estimate of drug-likeness (QED) is 0.858. The van der Waals surface area contributed by atoms with Gasteiger partial charge in [-0.1, -0.05) is 36.2 Å². The maximum Gasteiger partial charge on any atom is 0.239 e. The van der Waals surface area contributed by atoms with Crippen molar-refractivity contribution in [1.82, 2.24) is 15.2 Å². The van der Waals surface area contributed by atoms with E-state index in [4.69, 9.17) is 17.3 Å². The first-order chi connectivity index (χ1) is 8.22. The smallest absolute Gasteiger partial charge is 0.239 e. The second-order valence-electron chi connectivity index (χ2n) is 4.46. The van der Waals surface area contributed by atoms with Crippen molar-refractivity contribution in [1.29, 1.82) is 0 Å². The van der Waals surface area contributed by atoms with Gasteiger partial charge in [-0.05, 0) is 24.5 Å². The summed E-state index contributed by atoms with van der Waals surface area (Å²) in [6, 6.07) is 7.91. The number of nitrogen functional groups attached to an aromatic ring is 1. The van der Waals surface area contributed by atoms with Crippen LogP contribution in [0, 0.1) is 0 Å². The average molecular weight is 249 g/mol. The van der Waals surface area contributed by atoms with Gasteiger partial charge in [-0.15, -0.1) is 5.10 Å². The average Bonchev–Trinajstić information content (AvgIpc) is 2.67. The highest BCUT2D eigenvalue weighted by Crippen LogP contribution is 2.49. The van der Waals surface area contributed by atoms with E-state index in [1.54, 1.807) is 0 Å². The molecule has 1 aliphatic carbocycles. The molecule has 1 heterocycles. The summed E-state index contributed by atoms with van der Waals surface area (Å²) in [5.74, 6) is 1.12. The van der Waals surface area contributed by atoms with Crippen LogP contribution in [0.4, 0.5) is 5.95 Å². The molecule has 0 radical (unpaired) electrons. The molecule has 1 saturated carbocycles. The number of H-pyrrole nitrogens is 1. The Morgan fingerprint density at radius 1 is 1.29 bits per heavy atom. The van der Waals surface area contributed by atoms with Crippen molar-refractivity contribution in [2.45, 2.75) is 24.7 Å². The Bertz CT molecular complexity index is 545. The highest BCUT2D eigenvalue weighted by molar-refractivity contribution is 6.31. The van der Waals surface area contributed by atoms with Gasteiger partial charge in [0.05, 0.1) is 5.41 Å². The van der Waals surface area contributed by atoms with Gasteiger partial charge in [-0.3, -0.25) is 5.10 Å².